The first-order valence-corrected chi connectivity index (χ1v) is 10.6. The molecule has 3 aromatic rings. The van der Waals surface area contributed by atoms with Crippen molar-refractivity contribution in [2.24, 2.45) is 0 Å². The second kappa shape index (κ2) is 8.90. The highest BCUT2D eigenvalue weighted by molar-refractivity contribution is 6.10. The van der Waals surface area contributed by atoms with Gasteiger partial charge in [-0.1, -0.05) is 25.3 Å². The Hall–Kier alpha value is -3.55. The van der Waals surface area contributed by atoms with Crippen LogP contribution >= 0.6 is 0 Å². The highest BCUT2D eigenvalue weighted by Crippen LogP contribution is 2.37. The van der Waals surface area contributed by atoms with Gasteiger partial charge in [-0.25, -0.2) is 9.59 Å². The normalized spacial score (nSPS) is 14.3. The van der Waals surface area contributed by atoms with Gasteiger partial charge in [-0.15, -0.1) is 0 Å². The highest BCUT2D eigenvalue weighted by Gasteiger charge is 2.34. The molecule has 0 bridgehead atoms. The van der Waals surface area contributed by atoms with Crippen molar-refractivity contribution in [1.82, 2.24) is 0 Å². The molecule has 0 amide bonds. The third kappa shape index (κ3) is 3.88. The average Bonchev–Trinajstić information content (AvgIpc) is 3.17. The first-order valence-electron chi connectivity index (χ1n) is 10.6. The molecule has 1 N–H and O–H groups in total. The summed E-state index contributed by atoms with van der Waals surface area (Å²) in [7, 11) is 2.41. The lowest BCUT2D eigenvalue weighted by atomic mass is 9.95. The molecule has 4 rings (SSSR count). The summed E-state index contributed by atoms with van der Waals surface area (Å²) in [6, 6.07) is 5.28. The van der Waals surface area contributed by atoms with Gasteiger partial charge in [0.05, 0.1) is 19.6 Å². The maximum Gasteiger partial charge on any atom is 0.344 e. The largest absolute Gasteiger partial charge is 0.465 e. The molecule has 0 saturated heterocycles. The molecule has 2 heterocycles. The van der Waals surface area contributed by atoms with Gasteiger partial charge in [0.1, 0.15) is 28.5 Å². The molecule has 1 aliphatic carbocycles. The van der Waals surface area contributed by atoms with E-state index < -0.39 is 11.9 Å². The van der Waals surface area contributed by atoms with Crippen molar-refractivity contribution in [3.8, 4) is 11.3 Å². The average molecular weight is 439 g/mol. The van der Waals surface area contributed by atoms with Gasteiger partial charge in [-0.2, -0.15) is 0 Å². The van der Waals surface area contributed by atoms with Gasteiger partial charge in [-0.3, -0.25) is 4.79 Å². The maximum absolute atomic E-state index is 13.2. The molecule has 0 atom stereocenters. The van der Waals surface area contributed by atoms with Crippen LogP contribution in [0.15, 0.2) is 38.1 Å². The highest BCUT2D eigenvalue weighted by atomic mass is 16.5. The summed E-state index contributed by atoms with van der Waals surface area (Å²) in [6.07, 6.45) is 6.30. The number of methoxy groups -OCH3 is 2. The topological polar surface area (TPSA) is 108 Å². The van der Waals surface area contributed by atoms with Crippen LogP contribution in [0.4, 0.5) is 5.88 Å². The number of esters is 2. The molecule has 168 valence electrons. The van der Waals surface area contributed by atoms with E-state index in [-0.39, 0.29) is 39.8 Å². The van der Waals surface area contributed by atoms with Crippen molar-refractivity contribution in [2.75, 3.05) is 19.5 Å². The van der Waals surface area contributed by atoms with Crippen LogP contribution in [0.3, 0.4) is 0 Å². The van der Waals surface area contributed by atoms with Crippen LogP contribution in [0.2, 0.25) is 0 Å². The Labute approximate surface area is 184 Å². The molecule has 1 saturated carbocycles. The molecule has 1 aliphatic rings. The van der Waals surface area contributed by atoms with Gasteiger partial charge in [0.2, 0.25) is 11.3 Å². The van der Waals surface area contributed by atoms with E-state index >= 15 is 0 Å². The fourth-order valence-electron chi connectivity index (χ4n) is 4.14. The van der Waals surface area contributed by atoms with E-state index in [0.29, 0.717) is 11.0 Å². The Kier molecular flexibility index (Phi) is 6.03. The Morgan fingerprint density at radius 3 is 2.41 bits per heavy atom. The number of rotatable bonds is 5. The zero-order chi connectivity index (χ0) is 22.8. The lowest BCUT2D eigenvalue weighted by Gasteiger charge is -2.22. The molecule has 2 aromatic heterocycles. The lowest BCUT2D eigenvalue weighted by molar-refractivity contribution is 0.0558. The zero-order valence-corrected chi connectivity index (χ0v) is 18.3. The second-order valence-electron chi connectivity index (χ2n) is 7.95. The van der Waals surface area contributed by atoms with Crippen molar-refractivity contribution >= 4 is 28.8 Å². The molecular formula is C24H25NO7. The molecule has 8 heteroatoms. The van der Waals surface area contributed by atoms with Gasteiger partial charge in [-0.05, 0) is 37.5 Å². The van der Waals surface area contributed by atoms with E-state index in [9.17, 15) is 14.4 Å². The van der Waals surface area contributed by atoms with E-state index in [4.69, 9.17) is 18.3 Å². The number of carbonyl (C=O) groups excluding carboxylic acids is 2. The number of ether oxygens (including phenoxy) is 2. The summed E-state index contributed by atoms with van der Waals surface area (Å²) in [4.78, 5) is 38.6. The number of hydrogen-bond acceptors (Lipinski definition) is 8. The molecule has 0 radical (unpaired) electrons. The van der Waals surface area contributed by atoms with Gasteiger partial charge in [0.15, 0.2) is 5.76 Å². The minimum absolute atomic E-state index is 0.0172. The van der Waals surface area contributed by atoms with Crippen molar-refractivity contribution in [2.45, 2.75) is 45.1 Å². The summed E-state index contributed by atoms with van der Waals surface area (Å²) in [5, 5.41) is 3.57. The first-order chi connectivity index (χ1) is 15.4. The lowest BCUT2D eigenvalue weighted by Crippen LogP contribution is -2.23. The maximum atomic E-state index is 13.2. The minimum Gasteiger partial charge on any atom is -0.465 e. The van der Waals surface area contributed by atoms with Crippen molar-refractivity contribution in [3.05, 3.63) is 51.4 Å². The number of carbonyl (C=O) groups is 2. The van der Waals surface area contributed by atoms with E-state index in [1.54, 1.807) is 18.2 Å². The quantitative estimate of drug-likeness (QED) is 0.571. The van der Waals surface area contributed by atoms with Crippen LogP contribution in [0.5, 0.6) is 0 Å². The summed E-state index contributed by atoms with van der Waals surface area (Å²) >= 11 is 0. The zero-order valence-electron chi connectivity index (χ0n) is 18.3. The molecule has 8 nitrogen and oxygen atoms in total. The van der Waals surface area contributed by atoms with Gasteiger partial charge in [0.25, 0.3) is 0 Å². The SMILES string of the molecule is COC(=O)c1c(NC2CCCCC2)oc(-c2coc3cc(C)ccc3c2=O)c1C(=O)OC. The molecule has 1 aromatic carbocycles. The van der Waals surface area contributed by atoms with Crippen LogP contribution in [0.1, 0.15) is 58.4 Å². The molecule has 0 aliphatic heterocycles. The summed E-state index contributed by atoms with van der Waals surface area (Å²) in [5.74, 6) is -1.59. The summed E-state index contributed by atoms with van der Waals surface area (Å²) in [6.45, 7) is 1.89. The van der Waals surface area contributed by atoms with Gasteiger partial charge >= 0.3 is 11.9 Å². The van der Waals surface area contributed by atoms with Crippen LogP contribution in [0, 0.1) is 6.92 Å². The number of anilines is 1. The number of nitrogens with one attached hydrogen (secondary N) is 1. The molecule has 1 fully saturated rings. The van der Waals surface area contributed by atoms with Crippen molar-refractivity contribution < 1.29 is 27.9 Å². The number of benzene rings is 1. The predicted octanol–water partition coefficient (Wildman–Crippen LogP) is 4.68. The first kappa shape index (κ1) is 21.7. The van der Waals surface area contributed by atoms with Crippen molar-refractivity contribution in [1.29, 1.82) is 0 Å². The van der Waals surface area contributed by atoms with Crippen LogP contribution in [-0.2, 0) is 9.47 Å². The summed E-state index contributed by atoms with van der Waals surface area (Å²) < 4.78 is 21.5. The third-order valence-corrected chi connectivity index (χ3v) is 5.80. The van der Waals surface area contributed by atoms with Crippen LogP contribution < -0.4 is 10.7 Å². The van der Waals surface area contributed by atoms with Crippen LogP contribution in [-0.4, -0.2) is 32.2 Å². The third-order valence-electron chi connectivity index (χ3n) is 5.80. The molecule has 0 unspecified atom stereocenters. The minimum atomic E-state index is -0.816. The number of aryl methyl sites for hydroxylation is 1. The Morgan fingerprint density at radius 2 is 1.72 bits per heavy atom. The van der Waals surface area contributed by atoms with Gasteiger partial charge in [0, 0.05) is 6.04 Å². The van der Waals surface area contributed by atoms with Gasteiger partial charge < -0.3 is 23.6 Å². The Bertz CT molecular complexity index is 1230. The number of furan rings is 1. The van der Waals surface area contributed by atoms with E-state index in [1.807, 2.05) is 6.92 Å². The van der Waals surface area contributed by atoms with Crippen LogP contribution in [0.25, 0.3) is 22.3 Å². The van der Waals surface area contributed by atoms with E-state index in [0.717, 1.165) is 37.7 Å². The summed E-state index contributed by atoms with van der Waals surface area (Å²) in [5.41, 5.74) is 0.724. The number of fused-ring (bicyclic) bond motifs is 1. The number of hydrogen-bond donors (Lipinski definition) is 1. The second-order valence-corrected chi connectivity index (χ2v) is 7.95. The monoisotopic (exact) mass is 439 g/mol. The Balaban J connectivity index is 1.93. The standard InChI is InChI=1S/C24H25NO7/c1-13-9-10-15-17(11-13)31-12-16(20(15)26)21-18(23(27)29-2)19(24(28)30-3)22(32-21)25-14-7-5-4-6-8-14/h9-12,14,25H,4-8H2,1-3H3. The molecular weight excluding hydrogens is 414 g/mol. The Morgan fingerprint density at radius 1 is 1.03 bits per heavy atom. The smallest absolute Gasteiger partial charge is 0.344 e. The molecule has 32 heavy (non-hydrogen) atoms. The van der Waals surface area contributed by atoms with Crippen molar-refractivity contribution in [3.63, 3.8) is 0 Å². The van der Waals surface area contributed by atoms with E-state index in [1.165, 1.54) is 20.5 Å². The molecule has 0 spiro atoms. The van der Waals surface area contributed by atoms with E-state index in [2.05, 4.69) is 5.32 Å². The predicted molar refractivity (Wildman–Crippen MR) is 118 cm³/mol. The fourth-order valence-corrected chi connectivity index (χ4v) is 4.14. The fraction of sp³-hybridized carbons (Fsp3) is 0.375.